The second-order valence-electron chi connectivity index (χ2n) is 10.2. The molecule has 1 saturated heterocycles. The Morgan fingerprint density at radius 1 is 1.00 bits per heavy atom. The number of hydrogen-bond donors (Lipinski definition) is 2. The number of nitrogens with zero attached hydrogens (tertiary/aromatic N) is 1. The van der Waals surface area contributed by atoms with Crippen molar-refractivity contribution in [3.05, 3.63) is 59.7 Å². The molecule has 1 aliphatic heterocycles. The molecule has 2 aromatic rings. The molecule has 0 atom stereocenters. The molecule has 0 bridgehead atoms. The van der Waals surface area contributed by atoms with E-state index in [0.29, 0.717) is 38.9 Å². The third-order valence-corrected chi connectivity index (χ3v) is 7.31. The molecule has 2 aliphatic rings. The number of hydrogen-bond acceptors (Lipinski definition) is 4. The number of carboxylic acids is 1. The van der Waals surface area contributed by atoms with Crippen LogP contribution in [0.15, 0.2) is 48.5 Å². The lowest BCUT2D eigenvalue weighted by Crippen LogP contribution is -2.46. The maximum atomic E-state index is 13.0. The van der Waals surface area contributed by atoms with Crippen LogP contribution < -0.4 is 5.32 Å². The second kappa shape index (κ2) is 10.5. The summed E-state index contributed by atoms with van der Waals surface area (Å²) in [7, 11) is 0. The number of ether oxygens (including phenoxy) is 1. The van der Waals surface area contributed by atoms with Crippen molar-refractivity contribution in [2.75, 3.05) is 26.2 Å². The lowest BCUT2D eigenvalue weighted by atomic mass is 9.85. The largest absolute Gasteiger partial charge is 0.481 e. The summed E-state index contributed by atoms with van der Waals surface area (Å²) in [6.07, 6.45) is 1.60. The maximum Gasteiger partial charge on any atom is 0.407 e. The molecule has 35 heavy (non-hydrogen) atoms. The Bertz CT molecular complexity index is 1040. The Morgan fingerprint density at radius 2 is 1.57 bits per heavy atom. The van der Waals surface area contributed by atoms with Crippen LogP contribution in [0.4, 0.5) is 4.79 Å². The van der Waals surface area contributed by atoms with Crippen LogP contribution in [-0.2, 0) is 14.3 Å². The van der Waals surface area contributed by atoms with Gasteiger partial charge in [0.2, 0.25) is 5.91 Å². The van der Waals surface area contributed by atoms with Crippen LogP contribution in [0.3, 0.4) is 0 Å². The number of piperidine rings is 1. The van der Waals surface area contributed by atoms with Gasteiger partial charge in [-0.1, -0.05) is 62.4 Å². The number of benzene rings is 2. The number of likely N-dealkylation sites (tertiary alicyclic amines) is 1. The van der Waals surface area contributed by atoms with Gasteiger partial charge in [-0.3, -0.25) is 9.59 Å². The predicted molar refractivity (Wildman–Crippen MR) is 133 cm³/mol. The van der Waals surface area contributed by atoms with Crippen LogP contribution in [0, 0.1) is 11.3 Å². The van der Waals surface area contributed by atoms with Gasteiger partial charge < -0.3 is 20.1 Å². The number of rotatable bonds is 8. The Hall–Kier alpha value is -3.35. The summed E-state index contributed by atoms with van der Waals surface area (Å²) < 4.78 is 5.58. The first-order chi connectivity index (χ1) is 16.8. The molecule has 2 aromatic carbocycles. The summed E-state index contributed by atoms with van der Waals surface area (Å²) >= 11 is 0. The molecule has 0 spiro atoms. The van der Waals surface area contributed by atoms with E-state index < -0.39 is 17.5 Å². The fourth-order valence-corrected chi connectivity index (χ4v) is 5.25. The summed E-state index contributed by atoms with van der Waals surface area (Å²) in [6, 6.07) is 16.4. The maximum absolute atomic E-state index is 13.0. The molecule has 2 N–H and O–H groups in total. The molecule has 186 valence electrons. The minimum atomic E-state index is -0.783. The van der Waals surface area contributed by atoms with Crippen molar-refractivity contribution in [3.63, 3.8) is 0 Å². The van der Waals surface area contributed by atoms with E-state index in [0.717, 1.165) is 0 Å². The molecule has 1 fully saturated rings. The zero-order valence-electron chi connectivity index (χ0n) is 20.5. The third kappa shape index (κ3) is 5.66. The first-order valence-corrected chi connectivity index (χ1v) is 12.4. The number of nitrogens with one attached hydrogen (secondary N) is 1. The van der Waals surface area contributed by atoms with Crippen molar-refractivity contribution in [2.24, 2.45) is 11.3 Å². The van der Waals surface area contributed by atoms with E-state index in [-0.39, 0.29) is 30.8 Å². The summed E-state index contributed by atoms with van der Waals surface area (Å²) in [5.74, 6) is -0.597. The number of carbonyl (C=O) groups is 3. The zero-order valence-corrected chi connectivity index (χ0v) is 20.5. The van der Waals surface area contributed by atoms with Gasteiger partial charge in [-0.25, -0.2) is 4.79 Å². The summed E-state index contributed by atoms with van der Waals surface area (Å²) in [6.45, 7) is 5.54. The van der Waals surface area contributed by atoms with Crippen LogP contribution in [0.5, 0.6) is 0 Å². The molecular weight excluding hydrogens is 444 g/mol. The van der Waals surface area contributed by atoms with Crippen LogP contribution in [-0.4, -0.2) is 54.2 Å². The van der Waals surface area contributed by atoms with Gasteiger partial charge in [0, 0.05) is 37.4 Å². The van der Waals surface area contributed by atoms with Gasteiger partial charge in [-0.05, 0) is 47.4 Å². The van der Waals surface area contributed by atoms with Gasteiger partial charge in [-0.15, -0.1) is 0 Å². The molecule has 0 saturated carbocycles. The smallest absolute Gasteiger partial charge is 0.407 e. The Kier molecular flexibility index (Phi) is 7.43. The number of carboxylic acid groups (broad SMARTS) is 1. The molecule has 2 amide bonds. The van der Waals surface area contributed by atoms with Crippen molar-refractivity contribution in [2.45, 2.75) is 45.4 Å². The van der Waals surface area contributed by atoms with Crippen LogP contribution in [0.1, 0.15) is 56.6 Å². The fourth-order valence-electron chi connectivity index (χ4n) is 5.25. The number of alkyl carbamates (subject to hydrolysis) is 1. The van der Waals surface area contributed by atoms with E-state index in [1.807, 2.05) is 43.0 Å². The highest BCUT2D eigenvalue weighted by molar-refractivity contribution is 5.82. The van der Waals surface area contributed by atoms with Gasteiger partial charge in [-0.2, -0.15) is 0 Å². The van der Waals surface area contributed by atoms with E-state index in [9.17, 15) is 14.4 Å². The standard InChI is InChI=1S/C28H34N2O5/c1-28(2,26(33)30-15-11-19(12-16-30)17-25(31)32)13-14-29-27(34)35-18-24-22-9-5-3-7-20(22)21-8-4-6-10-23(21)24/h3-10,19,24H,11-18H2,1-2H3,(H,29,34)(H,31,32). The Labute approximate surface area is 206 Å². The Morgan fingerprint density at radius 3 is 2.14 bits per heavy atom. The zero-order chi connectivity index (χ0) is 25.0. The monoisotopic (exact) mass is 478 g/mol. The summed E-state index contributed by atoms with van der Waals surface area (Å²) in [4.78, 5) is 38.2. The summed E-state index contributed by atoms with van der Waals surface area (Å²) in [5, 5.41) is 11.8. The molecule has 0 radical (unpaired) electrons. The van der Waals surface area contributed by atoms with Crippen LogP contribution >= 0.6 is 0 Å². The lowest BCUT2D eigenvalue weighted by molar-refractivity contribution is -0.142. The summed E-state index contributed by atoms with van der Waals surface area (Å²) in [5.41, 5.74) is 4.07. The van der Waals surface area contributed by atoms with E-state index in [4.69, 9.17) is 9.84 Å². The fraction of sp³-hybridized carbons (Fsp3) is 0.464. The minimum absolute atomic E-state index is 0.00947. The van der Waals surface area contributed by atoms with Gasteiger partial charge >= 0.3 is 12.1 Å². The number of amides is 2. The highest BCUT2D eigenvalue weighted by Gasteiger charge is 2.34. The third-order valence-electron chi connectivity index (χ3n) is 7.31. The van der Waals surface area contributed by atoms with E-state index >= 15 is 0 Å². The van der Waals surface area contributed by atoms with Crippen molar-refractivity contribution in [1.82, 2.24) is 10.2 Å². The van der Waals surface area contributed by atoms with E-state index in [1.165, 1.54) is 22.3 Å². The van der Waals surface area contributed by atoms with Crippen LogP contribution in [0.25, 0.3) is 11.1 Å². The average Bonchev–Trinajstić information content (AvgIpc) is 3.16. The van der Waals surface area contributed by atoms with Gasteiger partial charge in [0.05, 0.1) is 0 Å². The van der Waals surface area contributed by atoms with Crippen molar-refractivity contribution in [3.8, 4) is 11.1 Å². The van der Waals surface area contributed by atoms with Gasteiger partial charge in [0.15, 0.2) is 0 Å². The van der Waals surface area contributed by atoms with Gasteiger partial charge in [0.1, 0.15) is 6.61 Å². The SMILES string of the molecule is CC(C)(CCNC(=O)OCC1c2ccccc2-c2ccccc21)C(=O)N1CCC(CC(=O)O)CC1. The topological polar surface area (TPSA) is 95.9 Å². The molecule has 1 aliphatic carbocycles. The average molecular weight is 479 g/mol. The number of aliphatic carboxylic acids is 1. The molecule has 0 aromatic heterocycles. The highest BCUT2D eigenvalue weighted by Crippen LogP contribution is 2.44. The predicted octanol–water partition coefficient (Wildman–Crippen LogP) is 4.65. The van der Waals surface area contributed by atoms with Crippen LogP contribution in [0.2, 0.25) is 0 Å². The van der Waals surface area contributed by atoms with E-state index in [2.05, 4.69) is 29.6 Å². The molecular formula is C28H34N2O5. The molecule has 7 nitrogen and oxygen atoms in total. The van der Waals surface area contributed by atoms with Crippen molar-refractivity contribution in [1.29, 1.82) is 0 Å². The minimum Gasteiger partial charge on any atom is -0.481 e. The quantitative estimate of drug-likeness (QED) is 0.576. The number of fused-ring (bicyclic) bond motifs is 3. The lowest BCUT2D eigenvalue weighted by Gasteiger charge is -2.36. The number of carbonyl (C=O) groups excluding carboxylic acids is 2. The van der Waals surface area contributed by atoms with E-state index in [1.54, 1.807) is 0 Å². The van der Waals surface area contributed by atoms with Gasteiger partial charge in [0.25, 0.3) is 0 Å². The second-order valence-corrected chi connectivity index (χ2v) is 10.2. The van der Waals surface area contributed by atoms with Crippen molar-refractivity contribution >= 4 is 18.0 Å². The Balaban J connectivity index is 1.24. The normalized spacial score (nSPS) is 15.9. The molecule has 0 unspecified atom stereocenters. The molecule has 1 heterocycles. The first kappa shape index (κ1) is 24.8. The highest BCUT2D eigenvalue weighted by atomic mass is 16.5. The molecule has 7 heteroatoms. The first-order valence-electron chi connectivity index (χ1n) is 12.4. The molecule has 4 rings (SSSR count). The van der Waals surface area contributed by atoms with Crippen molar-refractivity contribution < 1.29 is 24.2 Å².